The van der Waals surface area contributed by atoms with Crippen molar-refractivity contribution in [3.05, 3.63) is 23.7 Å². The van der Waals surface area contributed by atoms with Gasteiger partial charge < -0.3 is 9.15 Å². The van der Waals surface area contributed by atoms with E-state index in [1.165, 1.54) is 0 Å². The largest absolute Gasteiger partial charge is 0.463 e. The smallest absolute Gasteiger partial charge is 0.135 e. The van der Waals surface area contributed by atoms with Crippen molar-refractivity contribution in [3.63, 3.8) is 0 Å². The van der Waals surface area contributed by atoms with Crippen molar-refractivity contribution in [1.82, 2.24) is 0 Å². The lowest BCUT2D eigenvalue weighted by Gasteiger charge is -2.24. The van der Waals surface area contributed by atoms with Crippen molar-refractivity contribution in [2.24, 2.45) is 5.92 Å². The van der Waals surface area contributed by atoms with Gasteiger partial charge in [-0.1, -0.05) is 13.8 Å². The molecule has 0 aromatic carbocycles. The van der Waals surface area contributed by atoms with Crippen molar-refractivity contribution in [2.45, 2.75) is 52.2 Å². The standard InChI is InChI=1S/C13H20O2/c1-9(2)11-7-8-13(4,15-11)12-6-5-10(3)14-12/h5-6,9,11H,7-8H2,1-4H3/t11-,13-/m1/s1. The van der Waals surface area contributed by atoms with Gasteiger partial charge >= 0.3 is 0 Å². The highest BCUT2D eigenvalue weighted by Gasteiger charge is 2.40. The summed E-state index contributed by atoms with van der Waals surface area (Å²) in [5.74, 6) is 2.52. The van der Waals surface area contributed by atoms with Gasteiger partial charge in [-0.2, -0.15) is 0 Å². The third-order valence-corrected chi connectivity index (χ3v) is 3.32. The van der Waals surface area contributed by atoms with E-state index in [2.05, 4.69) is 20.8 Å². The molecule has 2 rings (SSSR count). The molecule has 1 aliphatic heterocycles. The Bertz CT molecular complexity index is 340. The third kappa shape index (κ3) is 1.96. The van der Waals surface area contributed by atoms with Crippen molar-refractivity contribution in [2.75, 3.05) is 0 Å². The van der Waals surface area contributed by atoms with Crippen molar-refractivity contribution >= 4 is 0 Å². The van der Waals surface area contributed by atoms with Gasteiger partial charge in [0.15, 0.2) is 0 Å². The molecular formula is C13H20O2. The van der Waals surface area contributed by atoms with Gasteiger partial charge in [0.2, 0.25) is 0 Å². The molecule has 0 radical (unpaired) electrons. The van der Waals surface area contributed by atoms with Crippen molar-refractivity contribution < 1.29 is 9.15 Å². The predicted octanol–water partition coefficient (Wildman–Crippen LogP) is 3.64. The highest BCUT2D eigenvalue weighted by molar-refractivity contribution is 5.14. The van der Waals surface area contributed by atoms with Gasteiger partial charge in [0.05, 0.1) is 6.10 Å². The van der Waals surface area contributed by atoms with E-state index in [1.54, 1.807) is 0 Å². The molecule has 0 bridgehead atoms. The summed E-state index contributed by atoms with van der Waals surface area (Å²) >= 11 is 0. The number of aryl methyl sites for hydroxylation is 1. The zero-order valence-corrected chi connectivity index (χ0v) is 10.0. The van der Waals surface area contributed by atoms with Crippen LogP contribution in [0.2, 0.25) is 0 Å². The van der Waals surface area contributed by atoms with Crippen LogP contribution in [0, 0.1) is 12.8 Å². The van der Waals surface area contributed by atoms with E-state index >= 15 is 0 Å². The first-order valence-corrected chi connectivity index (χ1v) is 5.76. The minimum atomic E-state index is -0.205. The maximum atomic E-state index is 6.12. The molecule has 2 heteroatoms. The van der Waals surface area contributed by atoms with Crippen molar-refractivity contribution in [1.29, 1.82) is 0 Å². The normalized spacial score (nSPS) is 31.4. The van der Waals surface area contributed by atoms with Gasteiger partial charge in [-0.05, 0) is 44.7 Å². The Balaban J connectivity index is 2.16. The summed E-state index contributed by atoms with van der Waals surface area (Å²) in [6, 6.07) is 4.05. The van der Waals surface area contributed by atoms with E-state index < -0.39 is 0 Å². The van der Waals surface area contributed by atoms with Crippen LogP contribution in [0.4, 0.5) is 0 Å². The van der Waals surface area contributed by atoms with Crippen LogP contribution in [0.3, 0.4) is 0 Å². The van der Waals surface area contributed by atoms with Gasteiger partial charge in [-0.15, -0.1) is 0 Å². The molecule has 0 saturated carbocycles. The zero-order valence-electron chi connectivity index (χ0n) is 10.0. The number of rotatable bonds is 2. The van der Waals surface area contributed by atoms with Crippen molar-refractivity contribution in [3.8, 4) is 0 Å². The summed E-state index contributed by atoms with van der Waals surface area (Å²) in [6.45, 7) is 8.53. The lowest BCUT2D eigenvalue weighted by Crippen LogP contribution is -2.23. The Hall–Kier alpha value is -0.760. The van der Waals surface area contributed by atoms with Gasteiger partial charge in [-0.3, -0.25) is 0 Å². The molecular weight excluding hydrogens is 188 g/mol. The summed E-state index contributed by atoms with van der Waals surface area (Å²) < 4.78 is 11.8. The molecule has 15 heavy (non-hydrogen) atoms. The number of hydrogen-bond donors (Lipinski definition) is 0. The molecule has 2 heterocycles. The minimum Gasteiger partial charge on any atom is -0.463 e. The number of ether oxygens (including phenoxy) is 1. The fraction of sp³-hybridized carbons (Fsp3) is 0.692. The molecule has 0 N–H and O–H groups in total. The number of hydrogen-bond acceptors (Lipinski definition) is 2. The highest BCUT2D eigenvalue weighted by atomic mass is 16.5. The molecule has 1 aliphatic rings. The average molecular weight is 208 g/mol. The first-order chi connectivity index (χ1) is 7.01. The summed E-state index contributed by atoms with van der Waals surface area (Å²) in [4.78, 5) is 0. The van der Waals surface area contributed by atoms with Crippen LogP contribution < -0.4 is 0 Å². The average Bonchev–Trinajstić information content (AvgIpc) is 2.73. The second kappa shape index (κ2) is 3.67. The Morgan fingerprint density at radius 3 is 2.60 bits per heavy atom. The lowest BCUT2D eigenvalue weighted by atomic mass is 9.97. The Labute approximate surface area is 91.6 Å². The predicted molar refractivity (Wildman–Crippen MR) is 59.7 cm³/mol. The second-order valence-corrected chi connectivity index (χ2v) is 5.08. The molecule has 0 amide bonds. The Kier molecular flexibility index (Phi) is 2.63. The summed E-state index contributed by atoms with van der Waals surface area (Å²) in [6.07, 6.45) is 2.57. The zero-order chi connectivity index (χ0) is 11.1. The summed E-state index contributed by atoms with van der Waals surface area (Å²) in [5.41, 5.74) is -0.205. The van der Waals surface area contributed by atoms with Gasteiger partial charge in [-0.25, -0.2) is 0 Å². The fourth-order valence-corrected chi connectivity index (χ4v) is 2.24. The van der Waals surface area contributed by atoms with Crippen LogP contribution >= 0.6 is 0 Å². The maximum Gasteiger partial charge on any atom is 0.135 e. The van der Waals surface area contributed by atoms with E-state index in [1.807, 2.05) is 19.1 Å². The first kappa shape index (κ1) is 10.7. The quantitative estimate of drug-likeness (QED) is 0.740. The molecule has 0 aliphatic carbocycles. The summed E-state index contributed by atoms with van der Waals surface area (Å²) in [7, 11) is 0. The molecule has 0 spiro atoms. The molecule has 84 valence electrons. The first-order valence-electron chi connectivity index (χ1n) is 5.76. The van der Waals surface area contributed by atoms with E-state index in [4.69, 9.17) is 9.15 Å². The van der Waals surface area contributed by atoms with Crippen LogP contribution in [0.25, 0.3) is 0 Å². The van der Waals surface area contributed by atoms with E-state index in [9.17, 15) is 0 Å². The van der Waals surface area contributed by atoms with E-state index in [0.717, 1.165) is 24.4 Å². The van der Waals surface area contributed by atoms with Crippen LogP contribution in [-0.4, -0.2) is 6.10 Å². The molecule has 0 unspecified atom stereocenters. The highest BCUT2D eigenvalue weighted by Crippen LogP contribution is 2.41. The minimum absolute atomic E-state index is 0.205. The Morgan fingerprint density at radius 1 is 1.40 bits per heavy atom. The molecule has 2 atom stereocenters. The van der Waals surface area contributed by atoms with Gasteiger partial charge in [0.25, 0.3) is 0 Å². The maximum absolute atomic E-state index is 6.12. The second-order valence-electron chi connectivity index (χ2n) is 5.08. The molecule has 1 saturated heterocycles. The van der Waals surface area contributed by atoms with E-state index in [0.29, 0.717) is 12.0 Å². The number of furan rings is 1. The Morgan fingerprint density at radius 2 is 2.13 bits per heavy atom. The topological polar surface area (TPSA) is 22.4 Å². The van der Waals surface area contributed by atoms with Crippen LogP contribution in [0.1, 0.15) is 45.1 Å². The lowest BCUT2D eigenvalue weighted by molar-refractivity contribution is -0.0621. The third-order valence-electron chi connectivity index (χ3n) is 3.32. The van der Waals surface area contributed by atoms with Crippen LogP contribution in [-0.2, 0) is 10.3 Å². The van der Waals surface area contributed by atoms with Gasteiger partial charge in [0, 0.05) is 0 Å². The van der Waals surface area contributed by atoms with Gasteiger partial charge in [0.1, 0.15) is 17.1 Å². The molecule has 1 aromatic rings. The monoisotopic (exact) mass is 208 g/mol. The van der Waals surface area contributed by atoms with E-state index in [-0.39, 0.29) is 5.60 Å². The van der Waals surface area contributed by atoms with Crippen LogP contribution in [0.5, 0.6) is 0 Å². The SMILES string of the molecule is Cc1ccc([C@@]2(C)CC[C@H](C(C)C)O2)o1. The molecule has 1 fully saturated rings. The summed E-state index contributed by atoms with van der Waals surface area (Å²) in [5, 5.41) is 0. The fourth-order valence-electron chi connectivity index (χ4n) is 2.24. The van der Waals surface area contributed by atoms with Crippen LogP contribution in [0.15, 0.2) is 16.5 Å². The molecule has 1 aromatic heterocycles. The molecule has 2 nitrogen and oxygen atoms in total.